The summed E-state index contributed by atoms with van der Waals surface area (Å²) in [5.74, 6) is 0.350. The largest absolute Gasteiger partial charge is 0.342 e. The van der Waals surface area contributed by atoms with E-state index in [0.29, 0.717) is 5.91 Å². The van der Waals surface area contributed by atoms with Crippen molar-refractivity contribution in [2.45, 2.75) is 46.5 Å². The third-order valence-corrected chi connectivity index (χ3v) is 3.39. The van der Waals surface area contributed by atoms with Gasteiger partial charge in [0.15, 0.2) is 0 Å². The lowest BCUT2D eigenvalue weighted by atomic mass is 9.81. The van der Waals surface area contributed by atoms with Crippen molar-refractivity contribution in [1.82, 2.24) is 10.2 Å². The topological polar surface area (TPSA) is 32.3 Å². The SMILES string of the molecule is CCCN(CCC)C(=O)C1(C)CCCNC1.Cl. The van der Waals surface area contributed by atoms with Crippen molar-refractivity contribution in [2.24, 2.45) is 5.41 Å². The summed E-state index contributed by atoms with van der Waals surface area (Å²) in [6, 6.07) is 0. The number of piperidine rings is 1. The van der Waals surface area contributed by atoms with Gasteiger partial charge in [0, 0.05) is 19.6 Å². The summed E-state index contributed by atoms with van der Waals surface area (Å²) in [4.78, 5) is 14.5. The second-order valence-corrected chi connectivity index (χ2v) is 5.13. The predicted molar refractivity (Wildman–Crippen MR) is 74.6 cm³/mol. The second kappa shape index (κ2) is 7.93. The summed E-state index contributed by atoms with van der Waals surface area (Å²) in [5, 5.41) is 3.35. The van der Waals surface area contributed by atoms with Gasteiger partial charge in [-0.25, -0.2) is 0 Å². The maximum Gasteiger partial charge on any atom is 0.229 e. The highest BCUT2D eigenvalue weighted by molar-refractivity contribution is 5.85. The number of halogens is 1. The molecule has 0 aromatic carbocycles. The first-order chi connectivity index (χ1) is 7.64. The fourth-order valence-corrected chi connectivity index (χ4v) is 2.48. The first kappa shape index (κ1) is 16.7. The lowest BCUT2D eigenvalue weighted by Gasteiger charge is -2.37. The molecule has 1 saturated heterocycles. The summed E-state index contributed by atoms with van der Waals surface area (Å²) < 4.78 is 0. The molecule has 1 unspecified atom stereocenters. The highest BCUT2D eigenvalue weighted by Crippen LogP contribution is 2.28. The lowest BCUT2D eigenvalue weighted by Crippen LogP contribution is -2.50. The Labute approximate surface area is 112 Å². The average Bonchev–Trinajstić information content (AvgIpc) is 2.29. The van der Waals surface area contributed by atoms with Gasteiger partial charge in [-0.15, -0.1) is 12.4 Å². The van der Waals surface area contributed by atoms with E-state index in [9.17, 15) is 4.79 Å². The van der Waals surface area contributed by atoms with Crippen LogP contribution in [-0.4, -0.2) is 37.0 Å². The molecule has 3 nitrogen and oxygen atoms in total. The molecule has 0 saturated carbocycles. The molecule has 0 aromatic rings. The fraction of sp³-hybridized carbons (Fsp3) is 0.923. The second-order valence-electron chi connectivity index (χ2n) is 5.13. The summed E-state index contributed by atoms with van der Waals surface area (Å²) >= 11 is 0. The molecule has 1 amide bonds. The number of amides is 1. The third-order valence-electron chi connectivity index (χ3n) is 3.39. The third kappa shape index (κ3) is 4.47. The van der Waals surface area contributed by atoms with Crippen LogP contribution in [0.5, 0.6) is 0 Å². The molecule has 1 rings (SSSR count). The Morgan fingerprint density at radius 3 is 2.29 bits per heavy atom. The molecule has 102 valence electrons. The summed E-state index contributed by atoms with van der Waals surface area (Å²) in [6.45, 7) is 10.1. The zero-order valence-electron chi connectivity index (χ0n) is 11.4. The zero-order chi connectivity index (χ0) is 12.0. The van der Waals surface area contributed by atoms with E-state index in [2.05, 4.69) is 26.1 Å². The van der Waals surface area contributed by atoms with E-state index in [1.165, 1.54) is 0 Å². The molecule has 1 aliphatic rings. The van der Waals surface area contributed by atoms with Crippen LogP contribution in [0, 0.1) is 5.41 Å². The smallest absolute Gasteiger partial charge is 0.229 e. The molecule has 0 radical (unpaired) electrons. The molecule has 4 heteroatoms. The van der Waals surface area contributed by atoms with E-state index >= 15 is 0 Å². The number of carbonyl (C=O) groups is 1. The maximum absolute atomic E-state index is 12.5. The lowest BCUT2D eigenvalue weighted by molar-refractivity contribution is -0.142. The Balaban J connectivity index is 0.00000256. The van der Waals surface area contributed by atoms with Gasteiger partial charge < -0.3 is 10.2 Å². The van der Waals surface area contributed by atoms with Crippen molar-refractivity contribution in [3.05, 3.63) is 0 Å². The van der Waals surface area contributed by atoms with Gasteiger partial charge >= 0.3 is 0 Å². The fourth-order valence-electron chi connectivity index (χ4n) is 2.48. The normalized spacial score (nSPS) is 23.9. The maximum atomic E-state index is 12.5. The van der Waals surface area contributed by atoms with Crippen molar-refractivity contribution < 1.29 is 4.79 Å². The highest BCUT2D eigenvalue weighted by atomic mass is 35.5. The molecular weight excluding hydrogens is 236 g/mol. The molecule has 1 N–H and O–H groups in total. The molecule has 1 fully saturated rings. The highest BCUT2D eigenvalue weighted by Gasteiger charge is 2.37. The van der Waals surface area contributed by atoms with Crippen molar-refractivity contribution >= 4 is 18.3 Å². The van der Waals surface area contributed by atoms with E-state index in [-0.39, 0.29) is 17.8 Å². The molecule has 0 bridgehead atoms. The number of nitrogens with one attached hydrogen (secondary N) is 1. The van der Waals surface area contributed by atoms with E-state index in [0.717, 1.165) is 51.9 Å². The van der Waals surface area contributed by atoms with Crippen molar-refractivity contribution in [2.75, 3.05) is 26.2 Å². The van der Waals surface area contributed by atoms with Gasteiger partial charge in [-0.1, -0.05) is 13.8 Å². The molecule has 0 aliphatic carbocycles. The van der Waals surface area contributed by atoms with Crippen LogP contribution in [0.4, 0.5) is 0 Å². The van der Waals surface area contributed by atoms with Crippen LogP contribution in [0.15, 0.2) is 0 Å². The van der Waals surface area contributed by atoms with Gasteiger partial charge in [0.25, 0.3) is 0 Å². The molecule has 0 aromatic heterocycles. The first-order valence-corrected chi connectivity index (χ1v) is 6.64. The van der Waals surface area contributed by atoms with Crippen molar-refractivity contribution in [3.63, 3.8) is 0 Å². The van der Waals surface area contributed by atoms with Crippen LogP contribution < -0.4 is 5.32 Å². The number of rotatable bonds is 5. The van der Waals surface area contributed by atoms with E-state index in [4.69, 9.17) is 0 Å². The summed E-state index contributed by atoms with van der Waals surface area (Å²) in [5.41, 5.74) is -0.164. The number of carbonyl (C=O) groups excluding carboxylic acids is 1. The van der Waals surface area contributed by atoms with E-state index in [1.54, 1.807) is 0 Å². The monoisotopic (exact) mass is 262 g/mol. The Hall–Kier alpha value is -0.280. The van der Waals surface area contributed by atoms with Crippen LogP contribution in [0.25, 0.3) is 0 Å². The van der Waals surface area contributed by atoms with Crippen LogP contribution in [0.2, 0.25) is 0 Å². The van der Waals surface area contributed by atoms with E-state index in [1.807, 2.05) is 4.90 Å². The number of hydrogen-bond acceptors (Lipinski definition) is 2. The minimum absolute atomic E-state index is 0. The van der Waals surface area contributed by atoms with Crippen LogP contribution in [-0.2, 0) is 4.79 Å². The first-order valence-electron chi connectivity index (χ1n) is 6.64. The molecule has 0 spiro atoms. The molecule has 1 atom stereocenters. The Bertz CT molecular complexity index is 221. The van der Waals surface area contributed by atoms with E-state index < -0.39 is 0 Å². The van der Waals surface area contributed by atoms with Gasteiger partial charge in [-0.2, -0.15) is 0 Å². The van der Waals surface area contributed by atoms with Gasteiger partial charge in [0.1, 0.15) is 0 Å². The standard InChI is InChI=1S/C13H26N2O.ClH/c1-4-9-15(10-5-2)12(16)13(3)7-6-8-14-11-13;/h14H,4-11H2,1-3H3;1H. The Kier molecular flexibility index (Phi) is 7.80. The van der Waals surface area contributed by atoms with Gasteiger partial charge in [0.2, 0.25) is 5.91 Å². The summed E-state index contributed by atoms with van der Waals surface area (Å²) in [6.07, 6.45) is 4.25. The quantitative estimate of drug-likeness (QED) is 0.826. The minimum Gasteiger partial charge on any atom is -0.342 e. The minimum atomic E-state index is -0.164. The molecule has 17 heavy (non-hydrogen) atoms. The molecule has 1 aliphatic heterocycles. The Morgan fingerprint density at radius 1 is 1.29 bits per heavy atom. The average molecular weight is 263 g/mol. The van der Waals surface area contributed by atoms with Crippen molar-refractivity contribution in [1.29, 1.82) is 0 Å². The predicted octanol–water partition coefficient (Wildman–Crippen LogP) is 2.45. The van der Waals surface area contributed by atoms with Crippen molar-refractivity contribution in [3.8, 4) is 0 Å². The van der Waals surface area contributed by atoms with Gasteiger partial charge in [-0.05, 0) is 39.2 Å². The van der Waals surface area contributed by atoms with Crippen LogP contribution in [0.1, 0.15) is 46.5 Å². The van der Waals surface area contributed by atoms with Crippen LogP contribution >= 0.6 is 12.4 Å². The Morgan fingerprint density at radius 2 is 1.88 bits per heavy atom. The summed E-state index contributed by atoms with van der Waals surface area (Å²) in [7, 11) is 0. The molecule has 1 heterocycles. The molecular formula is C13H27ClN2O. The van der Waals surface area contributed by atoms with Crippen LogP contribution in [0.3, 0.4) is 0 Å². The van der Waals surface area contributed by atoms with Gasteiger partial charge in [0.05, 0.1) is 5.41 Å². The number of hydrogen-bond donors (Lipinski definition) is 1. The van der Waals surface area contributed by atoms with Gasteiger partial charge in [-0.3, -0.25) is 4.79 Å². The number of nitrogens with zero attached hydrogens (tertiary/aromatic N) is 1. The zero-order valence-corrected chi connectivity index (χ0v) is 12.2.